The average molecular weight is 832 g/mol. The molecule has 9 nitrogen and oxygen atoms in total. The van der Waals surface area contributed by atoms with E-state index in [9.17, 15) is 15.3 Å². The second-order valence-corrected chi connectivity index (χ2v) is 18.1. The van der Waals surface area contributed by atoms with Crippen LogP contribution in [0.1, 0.15) is 84.7 Å². The molecule has 62 heavy (non-hydrogen) atoms. The molecule has 1 saturated heterocycles. The number of nitrogens with two attached hydrogens (primary N) is 1. The van der Waals surface area contributed by atoms with Crippen LogP contribution in [0.2, 0.25) is 0 Å². The summed E-state index contributed by atoms with van der Waals surface area (Å²) < 4.78 is 21.8. The van der Waals surface area contributed by atoms with E-state index in [0.29, 0.717) is 44.1 Å². The minimum Gasteiger partial charge on any atom is -0.508 e. The second kappa shape index (κ2) is 17.3. The van der Waals surface area contributed by atoms with Gasteiger partial charge in [0, 0.05) is 52.3 Å². The number of hydrogen-bond donors (Lipinski definition) is 5. The summed E-state index contributed by atoms with van der Waals surface area (Å²) in [6, 6.07) is 26.7. The second-order valence-electron chi connectivity index (χ2n) is 18.1. The Hall–Kier alpha value is -5.50. The van der Waals surface area contributed by atoms with Crippen LogP contribution < -0.4 is 15.8 Å². The molecule has 0 saturated carbocycles. The minimum atomic E-state index is -0.578. The lowest BCUT2D eigenvalue weighted by Gasteiger charge is -2.49. The first-order valence-corrected chi connectivity index (χ1v) is 22.6. The molecule has 4 aromatic carbocycles. The van der Waals surface area contributed by atoms with Crippen molar-refractivity contribution in [3.63, 3.8) is 0 Å². The monoisotopic (exact) mass is 831 g/mol. The number of dihydropyridines is 1. The van der Waals surface area contributed by atoms with Crippen LogP contribution in [0.15, 0.2) is 108 Å². The Morgan fingerprint density at radius 2 is 1.79 bits per heavy atom. The fourth-order valence-electron chi connectivity index (χ4n) is 10.8. The number of aromatic nitrogens is 1. The molecule has 1 fully saturated rings. The topological polar surface area (TPSA) is 131 Å². The molecule has 320 valence electrons. The molecule has 6 unspecified atom stereocenters. The highest BCUT2D eigenvalue weighted by Crippen LogP contribution is 2.52. The lowest BCUT2D eigenvalue weighted by molar-refractivity contribution is 0.00498. The van der Waals surface area contributed by atoms with E-state index in [1.807, 2.05) is 30.3 Å². The molecule has 10 rings (SSSR count). The van der Waals surface area contributed by atoms with Gasteiger partial charge in [-0.1, -0.05) is 60.4 Å². The van der Waals surface area contributed by atoms with Gasteiger partial charge in [0.2, 0.25) is 0 Å². The van der Waals surface area contributed by atoms with Crippen LogP contribution in [0.25, 0.3) is 16.6 Å². The molecule has 0 spiro atoms. The first-order valence-electron chi connectivity index (χ1n) is 22.6. The molecule has 0 amide bonds. The fraction of sp³-hybridized carbons (Fsp3) is 0.396. The van der Waals surface area contributed by atoms with Crippen LogP contribution >= 0.6 is 0 Å². The van der Waals surface area contributed by atoms with Gasteiger partial charge in [-0.25, -0.2) is 0 Å². The van der Waals surface area contributed by atoms with E-state index in [0.717, 1.165) is 96.8 Å². The maximum atomic E-state index is 11.5. The molecule has 6 bridgehead atoms. The number of phenolic OH excluding ortho intramolecular Hbond substituents is 2. The zero-order valence-electron chi connectivity index (χ0n) is 35.3. The Balaban J connectivity index is 1.11. The molecule has 5 aromatic rings. The summed E-state index contributed by atoms with van der Waals surface area (Å²) in [6.07, 6.45) is 14.2. The first kappa shape index (κ1) is 40.6. The molecule has 4 aliphatic heterocycles. The van der Waals surface area contributed by atoms with Crippen LogP contribution in [0, 0.1) is 23.7 Å². The Bertz CT molecular complexity index is 2580. The smallest absolute Gasteiger partial charge is 0.161 e. The molecule has 1 aliphatic carbocycles. The van der Waals surface area contributed by atoms with E-state index in [1.54, 1.807) is 18.2 Å². The quantitative estimate of drug-likeness (QED) is 0.114. The van der Waals surface area contributed by atoms with Gasteiger partial charge in [-0.15, -0.1) is 0 Å². The lowest BCUT2D eigenvalue weighted by atomic mass is 9.57. The first-order chi connectivity index (χ1) is 30.3. The summed E-state index contributed by atoms with van der Waals surface area (Å²) >= 11 is 0. The van der Waals surface area contributed by atoms with Crippen molar-refractivity contribution in [3.8, 4) is 29.1 Å². The van der Waals surface area contributed by atoms with E-state index in [-0.39, 0.29) is 35.5 Å². The number of aryl methyl sites for hydroxylation is 3. The molecule has 6 atom stereocenters. The van der Waals surface area contributed by atoms with Gasteiger partial charge in [0.15, 0.2) is 11.5 Å². The minimum absolute atomic E-state index is 0.0916. The standard InChI is InChI=1S/C53H57N3O6/c54-51-27-38-15-10-34(8-9-35-11-18-43(57)19-12-35)4-3-6-45-28-44(58)20-13-36-14-21-49(59)50(24-36)62-31-40-26-42(25-39-29-56(30-46(39)40)52(55-51)47(38)33-61-45)53-22-23-60-32-41(53)17-16-37-5-1-2-7-48(37)53/h1-2,5,7,11-12,14,18-19,21,24-27,29-30,34,41,44-45,51,55,57-59H,3-4,6,8-9,13,16-17,20,22-23,28,31-33,54H2. The predicted molar refractivity (Wildman–Crippen MR) is 241 cm³/mol. The number of phenols is 2. The Morgan fingerprint density at radius 1 is 0.903 bits per heavy atom. The van der Waals surface area contributed by atoms with Crippen LogP contribution in [0.4, 0.5) is 0 Å². The third-order valence-electron chi connectivity index (χ3n) is 14.2. The largest absolute Gasteiger partial charge is 0.508 e. The summed E-state index contributed by atoms with van der Waals surface area (Å²) in [5, 5.41) is 38.2. The van der Waals surface area contributed by atoms with E-state index in [2.05, 4.69) is 70.5 Å². The lowest BCUT2D eigenvalue weighted by Crippen LogP contribution is -2.47. The highest BCUT2D eigenvalue weighted by molar-refractivity contribution is 5.88. The number of rotatable bonds is 4. The van der Waals surface area contributed by atoms with E-state index < -0.39 is 12.3 Å². The zero-order chi connectivity index (χ0) is 42.2. The van der Waals surface area contributed by atoms with Gasteiger partial charge in [-0.05, 0) is 146 Å². The van der Waals surface area contributed by atoms with Crippen LogP contribution in [0.5, 0.6) is 17.2 Å². The summed E-state index contributed by atoms with van der Waals surface area (Å²) in [5.41, 5.74) is 15.6. The van der Waals surface area contributed by atoms with Crippen LogP contribution in [-0.2, 0) is 40.8 Å². The van der Waals surface area contributed by atoms with Crippen molar-refractivity contribution in [1.82, 2.24) is 9.88 Å². The van der Waals surface area contributed by atoms with Crippen molar-refractivity contribution in [1.29, 1.82) is 0 Å². The van der Waals surface area contributed by atoms with E-state index in [4.69, 9.17) is 19.9 Å². The normalized spacial score (nSPS) is 26.4. The maximum absolute atomic E-state index is 11.5. The number of benzene rings is 4. The Labute approximate surface area is 364 Å². The van der Waals surface area contributed by atoms with Crippen molar-refractivity contribution >= 4 is 16.6 Å². The van der Waals surface area contributed by atoms with E-state index in [1.165, 1.54) is 22.3 Å². The Kier molecular flexibility index (Phi) is 11.3. The highest BCUT2D eigenvalue weighted by atomic mass is 16.5. The number of nitrogens with zero attached hydrogens (tertiary/aromatic N) is 1. The summed E-state index contributed by atoms with van der Waals surface area (Å²) in [4.78, 5) is 0. The third kappa shape index (κ3) is 8.13. The third-order valence-corrected chi connectivity index (χ3v) is 14.2. The van der Waals surface area contributed by atoms with Crippen molar-refractivity contribution in [2.45, 2.75) is 101 Å². The molecule has 9 heteroatoms. The molecule has 0 radical (unpaired) electrons. The summed E-state index contributed by atoms with van der Waals surface area (Å²) in [6.45, 7) is 1.97. The zero-order valence-corrected chi connectivity index (χ0v) is 35.3. The van der Waals surface area contributed by atoms with Gasteiger partial charge >= 0.3 is 0 Å². The highest BCUT2D eigenvalue weighted by Gasteiger charge is 2.47. The van der Waals surface area contributed by atoms with Gasteiger partial charge in [-0.3, -0.25) is 0 Å². The van der Waals surface area contributed by atoms with Gasteiger partial charge in [0.1, 0.15) is 18.2 Å². The molecular formula is C53H57N3O6. The van der Waals surface area contributed by atoms with E-state index >= 15 is 0 Å². The number of ether oxygens (including phenoxy) is 3. The molecule has 5 heterocycles. The molecule has 6 N–H and O–H groups in total. The number of nitrogens with one attached hydrogen (secondary N) is 1. The molecule has 1 aromatic heterocycles. The summed E-state index contributed by atoms with van der Waals surface area (Å²) in [7, 11) is 0. The summed E-state index contributed by atoms with van der Waals surface area (Å²) in [5.74, 6) is 9.36. The number of aromatic hydroxyl groups is 2. The van der Waals surface area contributed by atoms with Crippen molar-refractivity contribution in [2.75, 3.05) is 19.8 Å². The Morgan fingerprint density at radius 3 is 2.69 bits per heavy atom. The SMILES string of the molecule is NC1C=C2C#CC(CCc3ccc(O)cc3)CCCC3CC(O)CCc4ccc(O)c(c4)OCc4cc(C56CCOCC5CCc5ccccc56)cc5cn(cc45)C(=C2CO3)N1. The predicted octanol–water partition coefficient (Wildman–Crippen LogP) is 8.40. The van der Waals surface area contributed by atoms with Gasteiger partial charge in [-0.2, -0.15) is 0 Å². The van der Waals surface area contributed by atoms with Crippen molar-refractivity contribution in [3.05, 3.63) is 142 Å². The van der Waals surface area contributed by atoms with Crippen molar-refractivity contribution in [2.24, 2.45) is 17.6 Å². The van der Waals surface area contributed by atoms with Gasteiger partial charge in [0.25, 0.3) is 0 Å². The fourth-order valence-corrected chi connectivity index (χ4v) is 10.8. The van der Waals surface area contributed by atoms with Crippen LogP contribution in [-0.4, -0.2) is 58.1 Å². The average Bonchev–Trinajstić information content (AvgIpc) is 3.71. The number of aliphatic hydroxyl groups is 1. The number of aliphatic hydroxyl groups excluding tert-OH is 1. The number of fused-ring (bicyclic) bond motifs is 9. The van der Waals surface area contributed by atoms with Crippen LogP contribution in [0.3, 0.4) is 0 Å². The van der Waals surface area contributed by atoms with Gasteiger partial charge < -0.3 is 45.1 Å². The molecular weight excluding hydrogens is 775 g/mol. The number of hydrogen-bond acceptors (Lipinski definition) is 8. The molecule has 5 aliphatic rings. The maximum Gasteiger partial charge on any atom is 0.161 e. The van der Waals surface area contributed by atoms with Crippen molar-refractivity contribution < 1.29 is 29.5 Å². The van der Waals surface area contributed by atoms with Gasteiger partial charge in [0.05, 0.1) is 31.6 Å².